The molecular weight excluding hydrogens is 212 g/mol. The van der Waals surface area contributed by atoms with Crippen LogP contribution < -0.4 is 5.32 Å². The highest BCUT2D eigenvalue weighted by Crippen LogP contribution is 2.23. The summed E-state index contributed by atoms with van der Waals surface area (Å²) < 4.78 is 0. The van der Waals surface area contributed by atoms with E-state index in [4.69, 9.17) is 0 Å². The molecule has 0 aromatic heterocycles. The molecule has 1 rings (SSSR count). The van der Waals surface area contributed by atoms with Crippen molar-refractivity contribution in [2.45, 2.75) is 37.8 Å². The summed E-state index contributed by atoms with van der Waals surface area (Å²) in [6, 6.07) is 3.01. The molecule has 1 fully saturated rings. The van der Waals surface area contributed by atoms with Gasteiger partial charge in [0.15, 0.2) is 0 Å². The average molecular weight is 238 g/mol. The van der Waals surface area contributed by atoms with E-state index in [2.05, 4.69) is 42.3 Å². The molecular formula is C13H26N4. The van der Waals surface area contributed by atoms with E-state index in [0.717, 1.165) is 26.1 Å². The first-order valence-corrected chi connectivity index (χ1v) is 6.47. The Labute approximate surface area is 106 Å². The SMILES string of the molecule is CN(C)CCN(C)CCC(C)(C#N)NC1CC1. The molecule has 0 aliphatic heterocycles. The van der Waals surface area contributed by atoms with Crippen molar-refractivity contribution in [3.8, 4) is 6.07 Å². The van der Waals surface area contributed by atoms with Crippen molar-refractivity contribution in [2.24, 2.45) is 0 Å². The van der Waals surface area contributed by atoms with E-state index < -0.39 is 0 Å². The van der Waals surface area contributed by atoms with Crippen LogP contribution in [-0.4, -0.2) is 62.2 Å². The summed E-state index contributed by atoms with van der Waals surface area (Å²) in [6.07, 6.45) is 3.35. The van der Waals surface area contributed by atoms with Crippen LogP contribution >= 0.6 is 0 Å². The quantitative estimate of drug-likeness (QED) is 0.682. The Morgan fingerprint density at radius 3 is 2.35 bits per heavy atom. The van der Waals surface area contributed by atoms with Crippen LogP contribution in [0.5, 0.6) is 0 Å². The maximum Gasteiger partial charge on any atom is 0.105 e. The third-order valence-corrected chi connectivity index (χ3v) is 3.27. The molecule has 0 spiro atoms. The van der Waals surface area contributed by atoms with Gasteiger partial charge in [-0.25, -0.2) is 0 Å². The summed E-state index contributed by atoms with van der Waals surface area (Å²) in [5.41, 5.74) is -0.354. The van der Waals surface area contributed by atoms with Crippen molar-refractivity contribution >= 4 is 0 Å². The second-order valence-electron chi connectivity index (χ2n) is 5.72. The van der Waals surface area contributed by atoms with E-state index >= 15 is 0 Å². The molecule has 1 unspecified atom stereocenters. The standard InChI is InChI=1S/C13H26N4/c1-13(11-14,15-12-5-6-12)7-8-17(4)10-9-16(2)3/h12,15H,5-10H2,1-4H3. The van der Waals surface area contributed by atoms with Gasteiger partial charge in [-0.1, -0.05) is 0 Å². The summed E-state index contributed by atoms with van der Waals surface area (Å²) >= 11 is 0. The number of rotatable bonds is 8. The van der Waals surface area contributed by atoms with Gasteiger partial charge in [-0.15, -0.1) is 0 Å². The van der Waals surface area contributed by atoms with E-state index in [1.807, 2.05) is 6.92 Å². The molecule has 0 bridgehead atoms. The molecule has 0 saturated heterocycles. The number of hydrogen-bond acceptors (Lipinski definition) is 4. The van der Waals surface area contributed by atoms with Gasteiger partial charge in [0.05, 0.1) is 6.07 Å². The zero-order chi connectivity index (χ0) is 12.9. The maximum atomic E-state index is 9.25. The first-order chi connectivity index (χ1) is 7.95. The van der Waals surface area contributed by atoms with Crippen LogP contribution in [0.25, 0.3) is 0 Å². The zero-order valence-corrected chi connectivity index (χ0v) is 11.7. The minimum absolute atomic E-state index is 0.354. The van der Waals surface area contributed by atoms with Gasteiger partial charge in [0.1, 0.15) is 5.54 Å². The van der Waals surface area contributed by atoms with Crippen LogP contribution in [0.4, 0.5) is 0 Å². The Hall–Kier alpha value is -0.630. The fourth-order valence-corrected chi connectivity index (χ4v) is 1.74. The zero-order valence-electron chi connectivity index (χ0n) is 11.7. The van der Waals surface area contributed by atoms with Crippen molar-refractivity contribution in [3.05, 3.63) is 0 Å². The monoisotopic (exact) mass is 238 g/mol. The van der Waals surface area contributed by atoms with Gasteiger partial charge in [0.2, 0.25) is 0 Å². The molecule has 17 heavy (non-hydrogen) atoms. The van der Waals surface area contributed by atoms with Crippen LogP contribution in [0.15, 0.2) is 0 Å². The molecule has 0 heterocycles. The predicted octanol–water partition coefficient (Wildman–Crippen LogP) is 0.904. The lowest BCUT2D eigenvalue weighted by atomic mass is 9.99. The first kappa shape index (κ1) is 14.4. The number of hydrogen-bond donors (Lipinski definition) is 1. The molecule has 98 valence electrons. The Bertz CT molecular complexity index is 267. The van der Waals surface area contributed by atoms with Gasteiger partial charge >= 0.3 is 0 Å². The van der Waals surface area contributed by atoms with Crippen molar-refractivity contribution in [3.63, 3.8) is 0 Å². The van der Waals surface area contributed by atoms with Crippen LogP contribution in [-0.2, 0) is 0 Å². The molecule has 1 saturated carbocycles. The molecule has 0 amide bonds. The first-order valence-electron chi connectivity index (χ1n) is 6.47. The summed E-state index contributed by atoms with van der Waals surface area (Å²) in [7, 11) is 6.29. The van der Waals surface area contributed by atoms with Gasteiger partial charge in [0.25, 0.3) is 0 Å². The molecule has 0 aromatic carbocycles. The van der Waals surface area contributed by atoms with Gasteiger partial charge < -0.3 is 9.80 Å². The number of nitrogens with one attached hydrogen (secondary N) is 1. The highest BCUT2D eigenvalue weighted by atomic mass is 15.2. The van der Waals surface area contributed by atoms with Crippen molar-refractivity contribution in [2.75, 3.05) is 40.8 Å². The summed E-state index contributed by atoms with van der Waals surface area (Å²) in [6.45, 7) is 5.11. The lowest BCUT2D eigenvalue weighted by Crippen LogP contribution is -2.45. The number of nitriles is 1. The Kier molecular flexibility index (Phi) is 5.38. The molecule has 1 atom stereocenters. The summed E-state index contributed by atoms with van der Waals surface area (Å²) in [5, 5.41) is 12.7. The number of likely N-dealkylation sites (N-methyl/N-ethyl adjacent to an activating group) is 2. The van der Waals surface area contributed by atoms with Crippen LogP contribution in [0.2, 0.25) is 0 Å². The van der Waals surface area contributed by atoms with E-state index in [9.17, 15) is 5.26 Å². The van der Waals surface area contributed by atoms with Gasteiger partial charge in [-0.2, -0.15) is 5.26 Å². The highest BCUT2D eigenvalue weighted by Gasteiger charge is 2.32. The lowest BCUT2D eigenvalue weighted by molar-refractivity contribution is 0.257. The van der Waals surface area contributed by atoms with Gasteiger partial charge in [-0.05, 0) is 47.3 Å². The average Bonchev–Trinajstić information content (AvgIpc) is 3.07. The molecule has 0 aromatic rings. The van der Waals surface area contributed by atoms with E-state index in [1.165, 1.54) is 12.8 Å². The van der Waals surface area contributed by atoms with Crippen molar-refractivity contribution < 1.29 is 0 Å². The maximum absolute atomic E-state index is 9.25. The van der Waals surface area contributed by atoms with Crippen molar-refractivity contribution in [1.82, 2.24) is 15.1 Å². The van der Waals surface area contributed by atoms with Crippen molar-refractivity contribution in [1.29, 1.82) is 5.26 Å². The second-order valence-corrected chi connectivity index (χ2v) is 5.72. The molecule has 4 nitrogen and oxygen atoms in total. The summed E-state index contributed by atoms with van der Waals surface area (Å²) in [5.74, 6) is 0. The smallest absolute Gasteiger partial charge is 0.105 e. The minimum Gasteiger partial charge on any atom is -0.308 e. The van der Waals surface area contributed by atoms with E-state index in [1.54, 1.807) is 0 Å². The third-order valence-electron chi connectivity index (χ3n) is 3.27. The largest absolute Gasteiger partial charge is 0.308 e. The normalized spacial score (nSPS) is 19.4. The van der Waals surface area contributed by atoms with Crippen LogP contribution in [0, 0.1) is 11.3 Å². The second kappa shape index (κ2) is 6.34. The molecule has 1 aliphatic rings. The lowest BCUT2D eigenvalue weighted by Gasteiger charge is -2.27. The van der Waals surface area contributed by atoms with Gasteiger partial charge in [-0.3, -0.25) is 5.32 Å². The van der Waals surface area contributed by atoms with E-state index in [0.29, 0.717) is 6.04 Å². The fraction of sp³-hybridized carbons (Fsp3) is 0.923. The van der Waals surface area contributed by atoms with Gasteiger partial charge in [0, 0.05) is 25.7 Å². The minimum atomic E-state index is -0.354. The highest BCUT2D eigenvalue weighted by molar-refractivity contribution is 5.07. The van der Waals surface area contributed by atoms with Crippen LogP contribution in [0.1, 0.15) is 26.2 Å². The Morgan fingerprint density at radius 1 is 1.24 bits per heavy atom. The molecule has 0 radical (unpaired) electrons. The summed E-state index contributed by atoms with van der Waals surface area (Å²) in [4.78, 5) is 4.48. The third kappa shape index (κ3) is 6.02. The van der Waals surface area contributed by atoms with E-state index in [-0.39, 0.29) is 5.54 Å². The molecule has 1 N–H and O–H groups in total. The molecule has 1 aliphatic carbocycles. The van der Waals surface area contributed by atoms with Crippen LogP contribution in [0.3, 0.4) is 0 Å². The topological polar surface area (TPSA) is 42.3 Å². The predicted molar refractivity (Wildman–Crippen MR) is 70.8 cm³/mol. The Morgan fingerprint density at radius 2 is 1.88 bits per heavy atom. The Balaban J connectivity index is 2.24. The fourth-order valence-electron chi connectivity index (χ4n) is 1.74. The number of nitrogens with zero attached hydrogens (tertiary/aromatic N) is 3. The molecule has 4 heteroatoms.